The van der Waals surface area contributed by atoms with Gasteiger partial charge in [0.05, 0.1) is 19.8 Å². The van der Waals surface area contributed by atoms with Crippen molar-refractivity contribution < 1.29 is 9.47 Å². The number of para-hydroxylation sites is 2. The van der Waals surface area contributed by atoms with Gasteiger partial charge in [-0.05, 0) is 19.1 Å². The third kappa shape index (κ3) is 2.42. The van der Waals surface area contributed by atoms with Crippen LogP contribution in [0.5, 0.6) is 11.5 Å². The Balaban J connectivity index is 2.58. The van der Waals surface area contributed by atoms with Gasteiger partial charge in [-0.1, -0.05) is 36.4 Å². The Labute approximate surface area is 114 Å². The molecule has 0 amide bonds. The highest BCUT2D eigenvalue weighted by Crippen LogP contribution is 2.37. The van der Waals surface area contributed by atoms with Gasteiger partial charge in [-0.2, -0.15) is 0 Å². The molecule has 0 saturated heterocycles. The average Bonchev–Trinajstić information content (AvgIpc) is 2.47. The van der Waals surface area contributed by atoms with Crippen LogP contribution in [-0.4, -0.2) is 14.2 Å². The molecule has 0 atom stereocenters. The van der Waals surface area contributed by atoms with Crippen molar-refractivity contribution in [2.24, 2.45) is 5.73 Å². The zero-order chi connectivity index (χ0) is 13.9. The Bertz CT molecular complexity index is 515. The average molecular weight is 257 g/mol. The molecule has 2 rings (SSSR count). The minimum atomic E-state index is -0.681. The summed E-state index contributed by atoms with van der Waals surface area (Å²) in [6.45, 7) is 1.96. The highest BCUT2D eigenvalue weighted by atomic mass is 16.5. The van der Waals surface area contributed by atoms with Crippen molar-refractivity contribution in [1.82, 2.24) is 0 Å². The second-order valence-corrected chi connectivity index (χ2v) is 4.60. The van der Waals surface area contributed by atoms with Crippen molar-refractivity contribution in [3.05, 3.63) is 59.7 Å². The van der Waals surface area contributed by atoms with Crippen LogP contribution < -0.4 is 15.2 Å². The molecule has 0 bridgehead atoms. The van der Waals surface area contributed by atoms with Gasteiger partial charge in [-0.15, -0.1) is 0 Å². The van der Waals surface area contributed by atoms with E-state index >= 15 is 0 Å². The molecule has 0 aliphatic heterocycles. The summed E-state index contributed by atoms with van der Waals surface area (Å²) < 4.78 is 10.8. The summed E-state index contributed by atoms with van der Waals surface area (Å²) >= 11 is 0. The summed E-state index contributed by atoms with van der Waals surface area (Å²) in [5.41, 5.74) is 7.74. The molecule has 0 aromatic heterocycles. The van der Waals surface area contributed by atoms with Gasteiger partial charge in [-0.3, -0.25) is 0 Å². The van der Waals surface area contributed by atoms with E-state index in [1.54, 1.807) is 14.2 Å². The molecule has 19 heavy (non-hydrogen) atoms. The molecule has 2 aromatic carbocycles. The van der Waals surface area contributed by atoms with Crippen LogP contribution >= 0.6 is 0 Å². The summed E-state index contributed by atoms with van der Waals surface area (Å²) in [5, 5.41) is 0. The van der Waals surface area contributed by atoms with Gasteiger partial charge in [0, 0.05) is 11.1 Å². The number of methoxy groups -OCH3 is 2. The molecule has 0 heterocycles. The topological polar surface area (TPSA) is 44.5 Å². The Morgan fingerprint density at radius 2 is 1.16 bits per heavy atom. The second kappa shape index (κ2) is 5.33. The molecule has 0 fully saturated rings. The van der Waals surface area contributed by atoms with Gasteiger partial charge in [0.1, 0.15) is 11.5 Å². The van der Waals surface area contributed by atoms with E-state index in [0.717, 1.165) is 22.6 Å². The van der Waals surface area contributed by atoms with Crippen molar-refractivity contribution in [1.29, 1.82) is 0 Å². The molecule has 3 nitrogen and oxygen atoms in total. The minimum Gasteiger partial charge on any atom is -0.496 e. The van der Waals surface area contributed by atoms with Crippen LogP contribution in [0.2, 0.25) is 0 Å². The Kier molecular flexibility index (Phi) is 3.76. The van der Waals surface area contributed by atoms with E-state index in [-0.39, 0.29) is 0 Å². The van der Waals surface area contributed by atoms with Gasteiger partial charge in [0.15, 0.2) is 0 Å². The third-order valence-electron chi connectivity index (χ3n) is 3.33. The Hall–Kier alpha value is -2.00. The Morgan fingerprint density at radius 3 is 1.53 bits per heavy atom. The number of hydrogen-bond donors (Lipinski definition) is 1. The highest BCUT2D eigenvalue weighted by Gasteiger charge is 2.29. The lowest BCUT2D eigenvalue weighted by Gasteiger charge is -2.29. The van der Waals surface area contributed by atoms with Crippen LogP contribution in [0.25, 0.3) is 0 Å². The molecule has 0 aliphatic carbocycles. The number of benzene rings is 2. The smallest absolute Gasteiger partial charge is 0.124 e. The van der Waals surface area contributed by atoms with Crippen LogP contribution in [0.15, 0.2) is 48.5 Å². The van der Waals surface area contributed by atoms with E-state index < -0.39 is 5.54 Å². The van der Waals surface area contributed by atoms with E-state index in [2.05, 4.69) is 0 Å². The maximum absolute atomic E-state index is 6.55. The zero-order valence-electron chi connectivity index (χ0n) is 11.5. The SMILES string of the molecule is COc1ccccc1C(C)(N)c1ccccc1OC. The fourth-order valence-electron chi connectivity index (χ4n) is 2.29. The lowest BCUT2D eigenvalue weighted by atomic mass is 9.84. The lowest BCUT2D eigenvalue weighted by molar-refractivity contribution is 0.385. The highest BCUT2D eigenvalue weighted by molar-refractivity contribution is 5.50. The third-order valence-corrected chi connectivity index (χ3v) is 3.33. The first-order chi connectivity index (χ1) is 9.11. The first-order valence-corrected chi connectivity index (χ1v) is 6.17. The van der Waals surface area contributed by atoms with Crippen molar-refractivity contribution in [2.75, 3.05) is 14.2 Å². The van der Waals surface area contributed by atoms with Gasteiger partial charge in [0.25, 0.3) is 0 Å². The van der Waals surface area contributed by atoms with E-state index in [1.165, 1.54) is 0 Å². The van der Waals surface area contributed by atoms with Crippen LogP contribution in [0.1, 0.15) is 18.1 Å². The molecule has 0 spiro atoms. The molecule has 0 unspecified atom stereocenters. The van der Waals surface area contributed by atoms with Crippen molar-refractivity contribution in [2.45, 2.75) is 12.5 Å². The van der Waals surface area contributed by atoms with Gasteiger partial charge in [0.2, 0.25) is 0 Å². The van der Waals surface area contributed by atoms with Crippen LogP contribution in [0, 0.1) is 0 Å². The fourth-order valence-corrected chi connectivity index (χ4v) is 2.29. The normalized spacial score (nSPS) is 11.2. The van der Waals surface area contributed by atoms with E-state index in [1.807, 2.05) is 55.5 Å². The maximum Gasteiger partial charge on any atom is 0.124 e. The fraction of sp³-hybridized carbons (Fsp3) is 0.250. The van der Waals surface area contributed by atoms with Crippen LogP contribution in [0.3, 0.4) is 0 Å². The van der Waals surface area contributed by atoms with Gasteiger partial charge in [-0.25, -0.2) is 0 Å². The van der Waals surface area contributed by atoms with E-state index in [9.17, 15) is 0 Å². The van der Waals surface area contributed by atoms with E-state index in [4.69, 9.17) is 15.2 Å². The minimum absolute atomic E-state index is 0.681. The monoisotopic (exact) mass is 257 g/mol. The molecular weight excluding hydrogens is 238 g/mol. The molecule has 3 heteroatoms. The van der Waals surface area contributed by atoms with Gasteiger partial charge < -0.3 is 15.2 Å². The van der Waals surface area contributed by atoms with Crippen LogP contribution in [0.4, 0.5) is 0 Å². The van der Waals surface area contributed by atoms with E-state index in [0.29, 0.717) is 0 Å². The summed E-state index contributed by atoms with van der Waals surface area (Å²) in [6, 6.07) is 15.6. The van der Waals surface area contributed by atoms with Crippen molar-refractivity contribution in [3.63, 3.8) is 0 Å². The maximum atomic E-state index is 6.55. The molecule has 0 aliphatic rings. The lowest BCUT2D eigenvalue weighted by Crippen LogP contribution is -2.35. The first-order valence-electron chi connectivity index (χ1n) is 6.17. The summed E-state index contributed by atoms with van der Waals surface area (Å²) in [7, 11) is 3.30. The molecule has 2 N–H and O–H groups in total. The number of rotatable bonds is 4. The number of hydrogen-bond acceptors (Lipinski definition) is 3. The second-order valence-electron chi connectivity index (χ2n) is 4.60. The standard InChI is InChI=1S/C16H19NO2/c1-16(17,12-8-4-6-10-14(12)18-2)13-9-5-7-11-15(13)19-3/h4-11H,17H2,1-3H3. The van der Waals surface area contributed by atoms with Crippen molar-refractivity contribution >= 4 is 0 Å². The molecule has 100 valence electrons. The van der Waals surface area contributed by atoms with Crippen molar-refractivity contribution in [3.8, 4) is 11.5 Å². The first kappa shape index (κ1) is 13.4. The largest absolute Gasteiger partial charge is 0.496 e. The molecule has 0 saturated carbocycles. The Morgan fingerprint density at radius 1 is 0.789 bits per heavy atom. The molecular formula is C16H19NO2. The molecule has 2 aromatic rings. The quantitative estimate of drug-likeness (QED) is 0.916. The zero-order valence-corrected chi connectivity index (χ0v) is 11.5. The van der Waals surface area contributed by atoms with Crippen LogP contribution in [-0.2, 0) is 5.54 Å². The summed E-state index contributed by atoms with van der Waals surface area (Å²) in [6.07, 6.45) is 0. The number of nitrogens with two attached hydrogens (primary N) is 1. The predicted molar refractivity (Wildman–Crippen MR) is 76.6 cm³/mol. The predicted octanol–water partition coefficient (Wildman–Crippen LogP) is 2.93. The van der Waals surface area contributed by atoms with Gasteiger partial charge >= 0.3 is 0 Å². The summed E-state index contributed by atoms with van der Waals surface area (Å²) in [5.74, 6) is 1.55. The summed E-state index contributed by atoms with van der Waals surface area (Å²) in [4.78, 5) is 0. The molecule has 0 radical (unpaired) electrons. The number of ether oxygens (including phenoxy) is 2.